The molecule has 11 heteroatoms. The molecule has 0 aliphatic rings. The smallest absolute Gasteiger partial charge is 0.264 e. The van der Waals surface area contributed by atoms with Crippen molar-refractivity contribution in [1.29, 1.82) is 0 Å². The Morgan fingerprint density at radius 1 is 0.905 bits per heavy atom. The quantitative estimate of drug-likeness (QED) is 0.265. The number of carbonyl (C=O) groups is 2. The lowest BCUT2D eigenvalue weighted by atomic mass is 10.1. The highest BCUT2D eigenvalue weighted by Gasteiger charge is 2.34. The van der Waals surface area contributed by atoms with Crippen molar-refractivity contribution >= 4 is 39.1 Å². The van der Waals surface area contributed by atoms with Gasteiger partial charge in [0, 0.05) is 23.7 Å². The van der Waals surface area contributed by atoms with Crippen LogP contribution < -0.4 is 19.1 Å². The first kappa shape index (κ1) is 32.8. The summed E-state index contributed by atoms with van der Waals surface area (Å²) < 4.78 is 39.8. The molecule has 3 aromatic carbocycles. The first-order valence-corrected chi connectivity index (χ1v) is 15.5. The van der Waals surface area contributed by atoms with Gasteiger partial charge in [-0.3, -0.25) is 13.9 Å². The number of sulfonamides is 1. The van der Waals surface area contributed by atoms with Crippen molar-refractivity contribution in [3.8, 4) is 11.5 Å². The minimum Gasteiger partial charge on any atom is -0.493 e. The third-order valence-electron chi connectivity index (χ3n) is 6.95. The van der Waals surface area contributed by atoms with Gasteiger partial charge < -0.3 is 19.7 Å². The van der Waals surface area contributed by atoms with E-state index < -0.39 is 28.5 Å². The number of benzene rings is 3. The molecule has 0 saturated heterocycles. The zero-order chi connectivity index (χ0) is 30.9. The number of anilines is 1. The first-order chi connectivity index (χ1) is 20.1. The van der Waals surface area contributed by atoms with Crippen molar-refractivity contribution in [1.82, 2.24) is 10.2 Å². The second kappa shape index (κ2) is 14.9. The number of methoxy groups -OCH3 is 2. The van der Waals surface area contributed by atoms with Crippen LogP contribution >= 0.6 is 11.6 Å². The Balaban J connectivity index is 2.11. The van der Waals surface area contributed by atoms with E-state index in [2.05, 4.69) is 5.32 Å². The van der Waals surface area contributed by atoms with Crippen LogP contribution in [0.25, 0.3) is 0 Å². The van der Waals surface area contributed by atoms with Crippen molar-refractivity contribution in [3.05, 3.63) is 83.4 Å². The topological polar surface area (TPSA) is 105 Å². The van der Waals surface area contributed by atoms with E-state index in [4.69, 9.17) is 21.1 Å². The van der Waals surface area contributed by atoms with Gasteiger partial charge >= 0.3 is 0 Å². The van der Waals surface area contributed by atoms with E-state index in [0.717, 1.165) is 4.31 Å². The predicted octanol–water partition coefficient (Wildman–Crippen LogP) is 5.27. The van der Waals surface area contributed by atoms with E-state index in [1.165, 1.54) is 37.3 Å². The number of hydrogen-bond acceptors (Lipinski definition) is 6. The molecular formula is C31H38ClN3O6S. The lowest BCUT2D eigenvalue weighted by Gasteiger charge is -2.34. The SMILES string of the molecule is CC[C@@H](C)NC(=O)[C@@H](CC)N(Cc1ccccc1Cl)C(=O)CN(c1ccc(OC)c(OC)c1)S(=O)(=O)c1ccccc1. The molecule has 2 atom stereocenters. The highest BCUT2D eigenvalue weighted by molar-refractivity contribution is 7.92. The number of rotatable bonds is 14. The van der Waals surface area contributed by atoms with Crippen LogP contribution in [-0.2, 0) is 26.2 Å². The Morgan fingerprint density at radius 3 is 2.14 bits per heavy atom. The summed E-state index contributed by atoms with van der Waals surface area (Å²) in [4.78, 5) is 29.0. The molecule has 1 N–H and O–H groups in total. The van der Waals surface area contributed by atoms with Crippen LogP contribution in [0.2, 0.25) is 5.02 Å². The van der Waals surface area contributed by atoms with Crippen LogP contribution in [0.1, 0.15) is 39.2 Å². The van der Waals surface area contributed by atoms with E-state index in [9.17, 15) is 18.0 Å². The van der Waals surface area contributed by atoms with Gasteiger partial charge in [0.15, 0.2) is 11.5 Å². The van der Waals surface area contributed by atoms with Crippen LogP contribution in [0.15, 0.2) is 77.7 Å². The summed E-state index contributed by atoms with van der Waals surface area (Å²) in [7, 11) is -1.31. The number of ether oxygens (including phenoxy) is 2. The van der Waals surface area contributed by atoms with Crippen LogP contribution in [0, 0.1) is 0 Å². The lowest BCUT2D eigenvalue weighted by Crippen LogP contribution is -2.53. The summed E-state index contributed by atoms with van der Waals surface area (Å²) in [6.45, 7) is 5.07. The average Bonchev–Trinajstić information content (AvgIpc) is 3.00. The minimum atomic E-state index is -4.22. The standard InChI is InChI=1S/C31H38ClN3O6S/c1-6-22(3)33-31(37)27(7-2)34(20-23-13-11-12-16-26(23)32)30(36)21-35(42(38,39)25-14-9-8-10-15-25)24-17-18-28(40-4)29(19-24)41-5/h8-19,22,27H,6-7,20-21H2,1-5H3,(H,33,37)/t22-,27-/m1/s1. The molecule has 9 nitrogen and oxygen atoms in total. The maximum Gasteiger partial charge on any atom is 0.264 e. The molecule has 226 valence electrons. The maximum atomic E-state index is 14.2. The summed E-state index contributed by atoms with van der Waals surface area (Å²) >= 11 is 6.45. The summed E-state index contributed by atoms with van der Waals surface area (Å²) in [5.41, 5.74) is 0.825. The zero-order valence-corrected chi connectivity index (χ0v) is 26.1. The summed E-state index contributed by atoms with van der Waals surface area (Å²) in [6.07, 6.45) is 1.02. The van der Waals surface area contributed by atoms with Gasteiger partial charge in [0.05, 0.1) is 24.8 Å². The minimum absolute atomic E-state index is 0.00629. The molecule has 42 heavy (non-hydrogen) atoms. The second-order valence-corrected chi connectivity index (χ2v) is 12.0. The van der Waals surface area contributed by atoms with Crippen molar-refractivity contribution < 1.29 is 27.5 Å². The fourth-order valence-corrected chi connectivity index (χ4v) is 6.02. The van der Waals surface area contributed by atoms with Gasteiger partial charge in [-0.15, -0.1) is 0 Å². The van der Waals surface area contributed by atoms with Gasteiger partial charge in [-0.2, -0.15) is 0 Å². The number of carbonyl (C=O) groups excluding carboxylic acids is 2. The molecule has 0 fully saturated rings. The third kappa shape index (κ3) is 7.74. The van der Waals surface area contributed by atoms with E-state index in [1.807, 2.05) is 13.8 Å². The van der Waals surface area contributed by atoms with Crippen LogP contribution in [0.3, 0.4) is 0 Å². The van der Waals surface area contributed by atoms with E-state index in [0.29, 0.717) is 34.9 Å². The lowest BCUT2D eigenvalue weighted by molar-refractivity contribution is -0.140. The highest BCUT2D eigenvalue weighted by atomic mass is 35.5. The van der Waals surface area contributed by atoms with Gasteiger partial charge in [0.2, 0.25) is 11.8 Å². The molecule has 3 rings (SSSR count). The Morgan fingerprint density at radius 2 is 1.55 bits per heavy atom. The number of nitrogens with zero attached hydrogens (tertiary/aromatic N) is 2. The zero-order valence-electron chi connectivity index (χ0n) is 24.5. The van der Waals surface area contributed by atoms with Crippen molar-refractivity contribution in [2.45, 2.75) is 57.1 Å². The summed E-state index contributed by atoms with van der Waals surface area (Å²) in [5.74, 6) is -0.202. The molecular weight excluding hydrogens is 578 g/mol. The number of halogens is 1. The van der Waals surface area contributed by atoms with Gasteiger partial charge in [0.25, 0.3) is 10.0 Å². The van der Waals surface area contributed by atoms with Gasteiger partial charge in [-0.05, 0) is 55.7 Å². The van der Waals surface area contributed by atoms with Crippen molar-refractivity contribution in [3.63, 3.8) is 0 Å². The molecule has 0 radical (unpaired) electrons. The van der Waals surface area contributed by atoms with E-state index in [1.54, 1.807) is 61.5 Å². The Labute approximate surface area is 253 Å². The largest absolute Gasteiger partial charge is 0.493 e. The fraction of sp³-hybridized carbons (Fsp3) is 0.355. The molecule has 0 unspecified atom stereocenters. The molecule has 0 aliphatic heterocycles. The fourth-order valence-electron chi connectivity index (χ4n) is 4.40. The van der Waals surface area contributed by atoms with Crippen molar-refractivity contribution in [2.75, 3.05) is 25.1 Å². The Hall–Kier alpha value is -3.76. The van der Waals surface area contributed by atoms with Crippen LogP contribution in [0.4, 0.5) is 5.69 Å². The molecule has 0 aliphatic carbocycles. The second-order valence-electron chi connectivity index (χ2n) is 9.72. The predicted molar refractivity (Wildman–Crippen MR) is 164 cm³/mol. The Kier molecular flexibility index (Phi) is 11.6. The van der Waals surface area contributed by atoms with Crippen LogP contribution in [0.5, 0.6) is 11.5 Å². The molecule has 0 saturated carbocycles. The Bertz CT molecular complexity index is 1470. The molecule has 2 amide bonds. The molecule has 0 bridgehead atoms. The summed E-state index contributed by atoms with van der Waals surface area (Å²) in [6, 6.07) is 18.5. The molecule has 3 aromatic rings. The highest BCUT2D eigenvalue weighted by Crippen LogP contribution is 2.34. The molecule has 0 heterocycles. The first-order valence-electron chi connectivity index (χ1n) is 13.7. The number of nitrogens with one attached hydrogen (secondary N) is 1. The normalized spacial score (nSPS) is 12.6. The maximum absolute atomic E-state index is 14.2. The van der Waals surface area contributed by atoms with E-state index in [-0.39, 0.29) is 29.1 Å². The number of amides is 2. The van der Waals surface area contributed by atoms with Gasteiger partial charge in [-0.1, -0.05) is 61.8 Å². The summed E-state index contributed by atoms with van der Waals surface area (Å²) in [5, 5.41) is 3.39. The van der Waals surface area contributed by atoms with E-state index >= 15 is 0 Å². The molecule has 0 aromatic heterocycles. The van der Waals surface area contributed by atoms with Gasteiger partial charge in [0.1, 0.15) is 12.6 Å². The van der Waals surface area contributed by atoms with Crippen molar-refractivity contribution in [2.24, 2.45) is 0 Å². The van der Waals surface area contributed by atoms with Crippen LogP contribution in [-0.4, -0.2) is 58.0 Å². The molecule has 0 spiro atoms. The van der Waals surface area contributed by atoms with Gasteiger partial charge in [-0.25, -0.2) is 8.42 Å². The monoisotopic (exact) mass is 615 g/mol. The average molecular weight is 616 g/mol. The number of hydrogen-bond donors (Lipinski definition) is 1. The third-order valence-corrected chi connectivity index (χ3v) is 9.11.